The third kappa shape index (κ3) is 5.32. The fraction of sp³-hybridized carbons (Fsp3) is 0.300. The second-order valence-corrected chi connectivity index (χ2v) is 8.08. The Labute approximate surface area is 165 Å². The molecule has 0 radical (unpaired) electrons. The summed E-state index contributed by atoms with van der Waals surface area (Å²) in [5.41, 5.74) is 1.97. The minimum atomic E-state index is -3.89. The lowest BCUT2D eigenvalue weighted by molar-refractivity contribution is -0.128. The number of esters is 1. The van der Waals surface area contributed by atoms with Crippen LogP contribution in [-0.2, 0) is 19.6 Å². The molecule has 2 aromatic carbocycles. The molecule has 0 aliphatic rings. The Bertz CT molecular complexity index is 986. The van der Waals surface area contributed by atoms with Crippen LogP contribution in [0.4, 0.5) is 5.69 Å². The second-order valence-electron chi connectivity index (χ2n) is 6.39. The molecule has 0 unspecified atom stereocenters. The number of benzene rings is 2. The number of carbonyl (C=O) groups is 2. The van der Waals surface area contributed by atoms with Crippen molar-refractivity contribution >= 4 is 27.6 Å². The highest BCUT2D eigenvalue weighted by Gasteiger charge is 2.22. The molecular formula is C20H24N2O5S. The van der Waals surface area contributed by atoms with Crippen LogP contribution < -0.4 is 10.0 Å². The number of anilines is 1. The molecule has 2 N–H and O–H groups in total. The smallest absolute Gasteiger partial charge is 0.339 e. The fourth-order valence-corrected chi connectivity index (χ4v) is 3.58. The summed E-state index contributed by atoms with van der Waals surface area (Å²) in [7, 11) is -3.89. The molecule has 1 atom stereocenters. The molecule has 7 nitrogen and oxygen atoms in total. The van der Waals surface area contributed by atoms with Crippen molar-refractivity contribution in [3.05, 3.63) is 59.2 Å². The first-order valence-corrected chi connectivity index (χ1v) is 10.3. The van der Waals surface area contributed by atoms with Crippen LogP contribution in [-0.4, -0.2) is 32.9 Å². The van der Waals surface area contributed by atoms with Crippen LogP contribution >= 0.6 is 0 Å². The van der Waals surface area contributed by atoms with Gasteiger partial charge in [0.1, 0.15) is 0 Å². The van der Waals surface area contributed by atoms with E-state index in [0.717, 1.165) is 5.56 Å². The lowest BCUT2D eigenvalue weighted by Gasteiger charge is -2.15. The number of amides is 1. The van der Waals surface area contributed by atoms with Crippen molar-refractivity contribution in [1.82, 2.24) is 5.32 Å². The summed E-state index contributed by atoms with van der Waals surface area (Å²) < 4.78 is 33.0. The van der Waals surface area contributed by atoms with Crippen molar-refractivity contribution in [3.8, 4) is 0 Å². The van der Waals surface area contributed by atoms with Crippen molar-refractivity contribution in [3.63, 3.8) is 0 Å². The molecule has 1 amide bonds. The van der Waals surface area contributed by atoms with Gasteiger partial charge in [0.05, 0.1) is 10.5 Å². The van der Waals surface area contributed by atoms with E-state index in [9.17, 15) is 18.0 Å². The van der Waals surface area contributed by atoms with Crippen molar-refractivity contribution in [2.75, 3.05) is 11.3 Å². The summed E-state index contributed by atoms with van der Waals surface area (Å²) in [6.45, 7) is 7.15. The van der Waals surface area contributed by atoms with Crippen molar-refractivity contribution in [1.29, 1.82) is 0 Å². The Morgan fingerprint density at radius 3 is 2.46 bits per heavy atom. The van der Waals surface area contributed by atoms with Gasteiger partial charge < -0.3 is 10.1 Å². The monoisotopic (exact) mass is 404 g/mol. The van der Waals surface area contributed by atoms with E-state index >= 15 is 0 Å². The van der Waals surface area contributed by atoms with Crippen LogP contribution in [0.5, 0.6) is 0 Å². The van der Waals surface area contributed by atoms with Gasteiger partial charge in [0, 0.05) is 12.2 Å². The van der Waals surface area contributed by atoms with Gasteiger partial charge in [0.15, 0.2) is 6.10 Å². The molecule has 0 aliphatic carbocycles. The second kappa shape index (κ2) is 8.88. The molecule has 0 fully saturated rings. The summed E-state index contributed by atoms with van der Waals surface area (Å²) in [4.78, 5) is 24.1. The molecule has 0 aromatic heterocycles. The zero-order valence-electron chi connectivity index (χ0n) is 16.3. The summed E-state index contributed by atoms with van der Waals surface area (Å²) in [6, 6.07) is 11.1. The van der Waals surface area contributed by atoms with E-state index in [-0.39, 0.29) is 10.5 Å². The minimum Gasteiger partial charge on any atom is -0.449 e. The van der Waals surface area contributed by atoms with Crippen LogP contribution in [0.1, 0.15) is 35.3 Å². The highest BCUT2D eigenvalue weighted by molar-refractivity contribution is 7.92. The zero-order valence-corrected chi connectivity index (χ0v) is 17.1. The minimum absolute atomic E-state index is 0.0720. The molecule has 0 aliphatic heterocycles. The highest BCUT2D eigenvalue weighted by Crippen LogP contribution is 2.21. The Hall–Kier alpha value is -2.87. The lowest BCUT2D eigenvalue weighted by Crippen LogP contribution is -2.35. The number of sulfonamides is 1. The van der Waals surface area contributed by atoms with E-state index in [2.05, 4.69) is 10.0 Å². The molecule has 0 heterocycles. The number of carbonyl (C=O) groups excluding carboxylic acids is 2. The maximum absolute atomic E-state index is 12.7. The molecule has 0 saturated carbocycles. The highest BCUT2D eigenvalue weighted by atomic mass is 32.2. The third-order valence-electron chi connectivity index (χ3n) is 4.01. The predicted molar refractivity (Wildman–Crippen MR) is 107 cm³/mol. The third-order valence-corrected chi connectivity index (χ3v) is 5.39. The number of likely N-dealkylation sites (N-methyl/N-ethyl adjacent to an activating group) is 1. The first-order valence-electron chi connectivity index (χ1n) is 8.83. The molecule has 2 aromatic rings. The topological polar surface area (TPSA) is 102 Å². The van der Waals surface area contributed by atoms with E-state index in [4.69, 9.17) is 4.74 Å². The Morgan fingerprint density at radius 1 is 1.11 bits per heavy atom. The first-order chi connectivity index (χ1) is 13.1. The molecule has 2 rings (SSSR count). The maximum Gasteiger partial charge on any atom is 0.339 e. The first kappa shape index (κ1) is 21.4. The predicted octanol–water partition coefficient (Wildman–Crippen LogP) is 2.79. The summed E-state index contributed by atoms with van der Waals surface area (Å²) in [5, 5.41) is 2.56. The van der Waals surface area contributed by atoms with Crippen molar-refractivity contribution in [2.45, 2.75) is 38.7 Å². The van der Waals surface area contributed by atoms with Crippen molar-refractivity contribution < 1.29 is 22.7 Å². The maximum atomic E-state index is 12.7. The zero-order chi connectivity index (χ0) is 20.9. The molecule has 0 bridgehead atoms. The summed E-state index contributed by atoms with van der Waals surface area (Å²) in [5.74, 6) is -1.18. The van der Waals surface area contributed by atoms with Gasteiger partial charge >= 0.3 is 5.97 Å². The van der Waals surface area contributed by atoms with Crippen molar-refractivity contribution in [2.24, 2.45) is 0 Å². The Balaban J connectivity index is 2.26. The van der Waals surface area contributed by atoms with Gasteiger partial charge in [0.2, 0.25) is 0 Å². The average molecular weight is 404 g/mol. The number of rotatable bonds is 7. The number of nitrogens with one attached hydrogen (secondary N) is 2. The van der Waals surface area contributed by atoms with Gasteiger partial charge in [-0.2, -0.15) is 0 Å². The van der Waals surface area contributed by atoms with E-state index in [0.29, 0.717) is 17.8 Å². The molecule has 28 heavy (non-hydrogen) atoms. The quantitative estimate of drug-likeness (QED) is 0.691. The van der Waals surface area contributed by atoms with Gasteiger partial charge in [-0.25, -0.2) is 13.2 Å². The van der Waals surface area contributed by atoms with Crippen LogP contribution in [0, 0.1) is 13.8 Å². The molecule has 0 saturated heterocycles. The van der Waals surface area contributed by atoms with Crippen LogP contribution in [0.15, 0.2) is 47.4 Å². The Morgan fingerprint density at radius 2 is 1.82 bits per heavy atom. The summed E-state index contributed by atoms with van der Waals surface area (Å²) in [6.07, 6.45) is -0.988. The number of ether oxygens (including phenoxy) is 1. The van der Waals surface area contributed by atoms with Gasteiger partial charge in [-0.1, -0.05) is 18.2 Å². The normalized spacial score (nSPS) is 12.1. The molecule has 0 spiro atoms. The SMILES string of the molecule is CCNC(=O)[C@H](C)OC(=O)c1cc(S(=O)(=O)Nc2cccc(C)c2)ccc1C. The average Bonchev–Trinajstić information content (AvgIpc) is 2.61. The number of hydrogen-bond donors (Lipinski definition) is 2. The van der Waals surface area contributed by atoms with Gasteiger partial charge in [0.25, 0.3) is 15.9 Å². The fourth-order valence-electron chi connectivity index (χ4n) is 2.51. The molecular weight excluding hydrogens is 380 g/mol. The van der Waals surface area contributed by atoms with Gasteiger partial charge in [-0.3, -0.25) is 9.52 Å². The molecule has 150 valence electrons. The molecule has 8 heteroatoms. The van der Waals surface area contributed by atoms with Crippen LogP contribution in [0.3, 0.4) is 0 Å². The largest absolute Gasteiger partial charge is 0.449 e. The van der Waals surface area contributed by atoms with Gasteiger partial charge in [-0.05, 0) is 63.1 Å². The van der Waals surface area contributed by atoms with E-state index in [1.54, 1.807) is 32.0 Å². The van der Waals surface area contributed by atoms with E-state index in [1.807, 2.05) is 13.0 Å². The number of aryl methyl sites for hydroxylation is 2. The number of hydrogen-bond acceptors (Lipinski definition) is 5. The van der Waals surface area contributed by atoms with Crippen LogP contribution in [0.2, 0.25) is 0 Å². The van der Waals surface area contributed by atoms with E-state index in [1.165, 1.54) is 25.1 Å². The standard InChI is InChI=1S/C20H24N2O5S/c1-5-21-19(23)15(4)27-20(24)18-12-17(10-9-14(18)3)28(25,26)22-16-8-6-7-13(2)11-16/h6-12,15,22H,5H2,1-4H3,(H,21,23)/t15-/m0/s1. The Kier molecular flexibility index (Phi) is 6.80. The van der Waals surface area contributed by atoms with Crippen LogP contribution in [0.25, 0.3) is 0 Å². The lowest BCUT2D eigenvalue weighted by atomic mass is 10.1. The summed E-state index contributed by atoms with van der Waals surface area (Å²) >= 11 is 0. The van der Waals surface area contributed by atoms with Gasteiger partial charge in [-0.15, -0.1) is 0 Å². The van der Waals surface area contributed by atoms with E-state index < -0.39 is 28.0 Å².